The van der Waals surface area contributed by atoms with E-state index < -0.39 is 19.7 Å². The number of hydrogen-bond acceptors (Lipinski definition) is 6. The molecule has 2 atom stereocenters. The van der Waals surface area contributed by atoms with E-state index in [2.05, 4.69) is 33.7 Å². The van der Waals surface area contributed by atoms with Crippen molar-refractivity contribution >= 4 is 35.6 Å². The standard InChI is InChI=1S/C14H16O3S.C10H11BrO3S.C4H6/c1-3-4-5-12-6-7-14-13(10-12)17-11(2)8-9-18(14,15)16;1-7-4-5-15(12,13)10-3-2-8(11)6-9(10)14-7;1-3-4-2/h6-7,10-11H,3,8-9H2,1-2H3;2-3,6-7H,4-5H2,1H3;1H,4H2,2H3/t11-;7-;/m11./s1. The molecule has 2 heterocycles. The molecule has 2 aromatic rings. The van der Waals surface area contributed by atoms with Crippen LogP contribution in [-0.4, -0.2) is 40.5 Å². The third-order valence-electron chi connectivity index (χ3n) is 5.38. The first-order valence-corrected chi connectivity index (χ1v) is 16.2. The molecule has 0 radical (unpaired) electrons. The van der Waals surface area contributed by atoms with E-state index in [1.165, 1.54) is 0 Å². The second kappa shape index (κ2) is 13.9. The van der Waals surface area contributed by atoms with Crippen LogP contribution >= 0.6 is 15.9 Å². The van der Waals surface area contributed by atoms with Crippen molar-refractivity contribution in [2.45, 2.75) is 75.4 Å². The largest absolute Gasteiger partial charge is 0.489 e. The van der Waals surface area contributed by atoms with Gasteiger partial charge in [0.05, 0.1) is 23.7 Å². The summed E-state index contributed by atoms with van der Waals surface area (Å²) in [6, 6.07) is 10.1. The minimum atomic E-state index is -3.22. The zero-order valence-corrected chi connectivity index (χ0v) is 24.8. The summed E-state index contributed by atoms with van der Waals surface area (Å²) in [5.41, 5.74) is 0.792. The molecule has 2 aromatic carbocycles. The number of hydrogen-bond donors (Lipinski definition) is 0. The average Bonchev–Trinajstić information content (AvgIpc) is 3.04. The van der Waals surface area contributed by atoms with Gasteiger partial charge in [-0.25, -0.2) is 16.8 Å². The number of terminal acetylenes is 1. The van der Waals surface area contributed by atoms with Crippen LogP contribution < -0.4 is 9.47 Å². The highest BCUT2D eigenvalue weighted by Gasteiger charge is 2.27. The molecule has 200 valence electrons. The van der Waals surface area contributed by atoms with Crippen LogP contribution in [0.15, 0.2) is 50.7 Å². The minimum Gasteiger partial charge on any atom is -0.489 e. The van der Waals surface area contributed by atoms with Crippen LogP contribution in [0.3, 0.4) is 0 Å². The molecule has 0 fully saturated rings. The molecular weight excluding hydrogens is 576 g/mol. The summed E-state index contributed by atoms with van der Waals surface area (Å²) in [5.74, 6) is 9.56. The number of sulfone groups is 2. The van der Waals surface area contributed by atoms with E-state index in [9.17, 15) is 16.8 Å². The van der Waals surface area contributed by atoms with Crippen LogP contribution in [0, 0.1) is 24.2 Å². The Balaban J connectivity index is 0.000000230. The molecule has 0 aromatic heterocycles. The molecule has 0 unspecified atom stereocenters. The Kier molecular flexibility index (Phi) is 11.6. The fraction of sp³-hybridized carbons (Fsp3) is 0.429. The van der Waals surface area contributed by atoms with Crippen LogP contribution in [0.4, 0.5) is 0 Å². The van der Waals surface area contributed by atoms with Crippen molar-refractivity contribution < 1.29 is 26.3 Å². The van der Waals surface area contributed by atoms with E-state index in [0.717, 1.165) is 22.9 Å². The number of ether oxygens (including phenoxy) is 2. The SMILES string of the molecule is C#CCC.CCC#Cc1ccc2c(c1)O[C@H](C)CCS2(=O)=O.C[C@@H]1CCS(=O)(=O)c2ccc(Br)cc2O1. The zero-order valence-electron chi connectivity index (χ0n) is 21.6. The van der Waals surface area contributed by atoms with Gasteiger partial charge in [0.25, 0.3) is 0 Å². The Morgan fingerprint density at radius 2 is 1.35 bits per heavy atom. The van der Waals surface area contributed by atoms with Gasteiger partial charge in [-0.05, 0) is 63.1 Å². The molecule has 0 spiro atoms. The quantitative estimate of drug-likeness (QED) is 0.350. The Morgan fingerprint density at radius 1 is 0.865 bits per heavy atom. The van der Waals surface area contributed by atoms with Gasteiger partial charge < -0.3 is 9.47 Å². The Labute approximate surface area is 230 Å². The summed E-state index contributed by atoms with van der Waals surface area (Å²) in [4.78, 5) is 0.587. The predicted octanol–water partition coefficient (Wildman–Crippen LogP) is 5.82. The summed E-state index contributed by atoms with van der Waals surface area (Å²) in [7, 11) is -6.40. The molecule has 0 aliphatic carbocycles. The minimum absolute atomic E-state index is 0.0599. The highest BCUT2D eigenvalue weighted by Crippen LogP contribution is 2.33. The fourth-order valence-electron chi connectivity index (χ4n) is 3.37. The maximum atomic E-state index is 12.0. The highest BCUT2D eigenvalue weighted by atomic mass is 79.9. The summed E-state index contributed by atoms with van der Waals surface area (Å²) >= 11 is 3.30. The molecule has 9 heteroatoms. The van der Waals surface area contributed by atoms with Gasteiger partial charge in [0.1, 0.15) is 21.3 Å². The van der Waals surface area contributed by atoms with Crippen molar-refractivity contribution in [2.75, 3.05) is 11.5 Å². The van der Waals surface area contributed by atoms with Crippen molar-refractivity contribution in [3.8, 4) is 35.7 Å². The Hall–Kier alpha value is -2.46. The van der Waals surface area contributed by atoms with Crippen molar-refractivity contribution in [1.29, 1.82) is 0 Å². The van der Waals surface area contributed by atoms with Gasteiger partial charge in [-0.2, -0.15) is 0 Å². The lowest BCUT2D eigenvalue weighted by molar-refractivity contribution is 0.216. The maximum absolute atomic E-state index is 12.0. The topological polar surface area (TPSA) is 86.7 Å². The molecule has 6 nitrogen and oxygen atoms in total. The molecule has 0 bridgehead atoms. The second-order valence-corrected chi connectivity index (χ2v) is 13.6. The van der Waals surface area contributed by atoms with E-state index in [-0.39, 0.29) is 28.6 Å². The lowest BCUT2D eigenvalue weighted by Gasteiger charge is -2.11. The van der Waals surface area contributed by atoms with Gasteiger partial charge in [0.15, 0.2) is 19.7 Å². The van der Waals surface area contributed by atoms with E-state index in [1.54, 1.807) is 36.4 Å². The average molecular weight is 610 g/mol. The van der Waals surface area contributed by atoms with Gasteiger partial charge >= 0.3 is 0 Å². The summed E-state index contributed by atoms with van der Waals surface area (Å²) < 4.78 is 59.9. The lowest BCUT2D eigenvalue weighted by atomic mass is 10.2. The number of halogens is 1. The van der Waals surface area contributed by atoms with Gasteiger partial charge in [-0.3, -0.25) is 0 Å². The lowest BCUT2D eigenvalue weighted by Crippen LogP contribution is -2.12. The van der Waals surface area contributed by atoms with Crippen molar-refractivity contribution in [3.05, 3.63) is 46.4 Å². The molecule has 37 heavy (non-hydrogen) atoms. The molecule has 4 rings (SSSR count). The van der Waals surface area contributed by atoms with Crippen LogP contribution in [0.5, 0.6) is 11.5 Å². The summed E-state index contributed by atoms with van der Waals surface area (Å²) in [6.45, 7) is 7.68. The molecular formula is C28H33BrO6S2. The van der Waals surface area contributed by atoms with Crippen LogP contribution in [0.1, 0.15) is 58.9 Å². The predicted molar refractivity (Wildman–Crippen MR) is 150 cm³/mol. The van der Waals surface area contributed by atoms with Gasteiger partial charge in [0, 0.05) is 22.9 Å². The van der Waals surface area contributed by atoms with Crippen molar-refractivity contribution in [1.82, 2.24) is 0 Å². The van der Waals surface area contributed by atoms with Gasteiger partial charge in [0.2, 0.25) is 0 Å². The molecule has 0 N–H and O–H groups in total. The monoisotopic (exact) mass is 608 g/mol. The summed E-state index contributed by atoms with van der Waals surface area (Å²) in [5, 5.41) is 0. The third-order valence-corrected chi connectivity index (χ3v) is 9.43. The smallest absolute Gasteiger partial charge is 0.182 e. The van der Waals surface area contributed by atoms with Crippen molar-refractivity contribution in [3.63, 3.8) is 0 Å². The van der Waals surface area contributed by atoms with Gasteiger partial charge in [-0.15, -0.1) is 12.3 Å². The molecule has 2 aliphatic rings. The molecule has 0 amide bonds. The first kappa shape index (κ1) is 30.8. The first-order chi connectivity index (χ1) is 17.4. The molecule has 0 saturated heterocycles. The Morgan fingerprint density at radius 3 is 1.84 bits per heavy atom. The summed E-state index contributed by atoms with van der Waals surface area (Å²) in [6.07, 6.45) is 7.31. The second-order valence-electron chi connectivity index (χ2n) is 8.54. The van der Waals surface area contributed by atoms with E-state index in [4.69, 9.17) is 15.9 Å². The number of benzene rings is 2. The van der Waals surface area contributed by atoms with E-state index >= 15 is 0 Å². The highest BCUT2D eigenvalue weighted by molar-refractivity contribution is 9.10. The van der Waals surface area contributed by atoms with Crippen LogP contribution in [-0.2, 0) is 19.7 Å². The maximum Gasteiger partial charge on any atom is 0.182 e. The first-order valence-electron chi connectivity index (χ1n) is 12.1. The molecule has 2 aliphatic heterocycles. The molecule has 0 saturated carbocycles. The normalized spacial score (nSPS) is 20.3. The van der Waals surface area contributed by atoms with E-state index in [0.29, 0.717) is 29.2 Å². The van der Waals surface area contributed by atoms with Crippen molar-refractivity contribution in [2.24, 2.45) is 0 Å². The van der Waals surface area contributed by atoms with E-state index in [1.807, 2.05) is 27.7 Å². The zero-order chi connectivity index (χ0) is 27.6. The number of fused-ring (bicyclic) bond motifs is 2. The fourth-order valence-corrected chi connectivity index (χ4v) is 6.81. The van der Waals surface area contributed by atoms with Gasteiger partial charge in [-0.1, -0.05) is 41.6 Å². The van der Waals surface area contributed by atoms with Crippen LogP contribution in [0.2, 0.25) is 0 Å². The number of rotatable bonds is 0. The third kappa shape index (κ3) is 9.10. The Bertz CT molecular complexity index is 1400. The van der Waals surface area contributed by atoms with Crippen LogP contribution in [0.25, 0.3) is 0 Å².